The lowest BCUT2D eigenvalue weighted by Crippen LogP contribution is -2.16. The Kier molecular flexibility index (Phi) is 6.03. The van der Waals surface area contributed by atoms with Gasteiger partial charge in [-0.3, -0.25) is 19.6 Å². The van der Waals surface area contributed by atoms with Crippen molar-refractivity contribution in [3.05, 3.63) is 70.8 Å². The van der Waals surface area contributed by atoms with Gasteiger partial charge in [0, 0.05) is 17.8 Å². The maximum Gasteiger partial charge on any atom is 0.289 e. The summed E-state index contributed by atoms with van der Waals surface area (Å²) in [5.41, 5.74) is -0.569. The molecular weight excluding hydrogens is 450 g/mol. The Morgan fingerprint density at radius 2 is 1.55 bits per heavy atom. The Morgan fingerprint density at radius 3 is 2.13 bits per heavy atom. The summed E-state index contributed by atoms with van der Waals surface area (Å²) in [5.74, 6) is 0.167. The molecule has 162 valence electrons. The van der Waals surface area contributed by atoms with E-state index in [1.807, 2.05) is 0 Å². The predicted molar refractivity (Wildman–Crippen MR) is 110 cm³/mol. The molecule has 3 rings (SSSR count). The van der Waals surface area contributed by atoms with Gasteiger partial charge in [-0.15, -0.1) is 10.2 Å². The number of nitro benzene ring substituents is 1. The summed E-state index contributed by atoms with van der Waals surface area (Å²) in [6.07, 6.45) is 0. The molecule has 0 amide bonds. The quantitative estimate of drug-likeness (QED) is 0.373. The van der Waals surface area contributed by atoms with Crippen molar-refractivity contribution < 1.29 is 26.5 Å². The van der Waals surface area contributed by atoms with Crippen molar-refractivity contribution >= 4 is 37.2 Å². The zero-order chi connectivity index (χ0) is 22.6. The molecule has 0 spiro atoms. The largest absolute Gasteiger partial charge is 0.480 e. The van der Waals surface area contributed by atoms with Gasteiger partial charge in [-0.05, 0) is 36.4 Å². The van der Waals surface area contributed by atoms with E-state index in [0.717, 1.165) is 24.3 Å². The number of rotatable bonds is 8. The van der Waals surface area contributed by atoms with Gasteiger partial charge in [-0.25, -0.2) is 16.8 Å². The van der Waals surface area contributed by atoms with Crippen molar-refractivity contribution in [2.45, 2.75) is 9.79 Å². The SMILES string of the molecule is COc1ccc(NS(=O)(=O)c2ccc(NS(=O)(=O)c3ccccc3[N+](=O)[O-])cc2)nn1. The summed E-state index contributed by atoms with van der Waals surface area (Å²) in [6.45, 7) is 0. The molecule has 0 saturated carbocycles. The monoisotopic (exact) mass is 465 g/mol. The average Bonchev–Trinajstić information content (AvgIpc) is 2.74. The van der Waals surface area contributed by atoms with Gasteiger partial charge in [0.25, 0.3) is 25.7 Å². The summed E-state index contributed by atoms with van der Waals surface area (Å²) in [5, 5.41) is 18.4. The topological polar surface area (TPSA) is 170 Å². The highest BCUT2D eigenvalue weighted by Crippen LogP contribution is 2.26. The van der Waals surface area contributed by atoms with Crippen molar-refractivity contribution in [3.8, 4) is 5.88 Å². The van der Waals surface area contributed by atoms with E-state index < -0.39 is 35.6 Å². The lowest BCUT2D eigenvalue weighted by molar-refractivity contribution is -0.387. The van der Waals surface area contributed by atoms with Crippen LogP contribution in [0, 0.1) is 10.1 Å². The van der Waals surface area contributed by atoms with E-state index in [1.54, 1.807) is 0 Å². The molecule has 0 atom stereocenters. The van der Waals surface area contributed by atoms with Crippen molar-refractivity contribution in [3.63, 3.8) is 0 Å². The van der Waals surface area contributed by atoms with Crippen molar-refractivity contribution in [1.82, 2.24) is 10.2 Å². The summed E-state index contributed by atoms with van der Waals surface area (Å²) < 4.78 is 59.3. The zero-order valence-electron chi connectivity index (χ0n) is 15.8. The Bertz CT molecular complexity index is 1310. The van der Waals surface area contributed by atoms with Gasteiger partial charge < -0.3 is 4.74 Å². The lowest BCUT2D eigenvalue weighted by Gasteiger charge is -2.10. The smallest absolute Gasteiger partial charge is 0.289 e. The number of aromatic nitrogens is 2. The highest BCUT2D eigenvalue weighted by atomic mass is 32.2. The molecule has 2 aromatic carbocycles. The Morgan fingerprint density at radius 1 is 0.871 bits per heavy atom. The summed E-state index contributed by atoms with van der Waals surface area (Å²) in [6, 6.07) is 12.4. The minimum atomic E-state index is -4.28. The molecule has 0 radical (unpaired) electrons. The van der Waals surface area contributed by atoms with Gasteiger partial charge in [0.2, 0.25) is 5.88 Å². The lowest BCUT2D eigenvalue weighted by atomic mass is 10.3. The highest BCUT2D eigenvalue weighted by molar-refractivity contribution is 7.93. The van der Waals surface area contributed by atoms with Crippen LogP contribution in [0.5, 0.6) is 5.88 Å². The van der Waals surface area contributed by atoms with Gasteiger partial charge in [-0.2, -0.15) is 0 Å². The minimum absolute atomic E-state index is 0.0151. The second kappa shape index (κ2) is 8.53. The maximum absolute atomic E-state index is 12.5. The van der Waals surface area contributed by atoms with Gasteiger partial charge in [0.05, 0.1) is 16.9 Å². The molecule has 1 heterocycles. The fraction of sp³-hybridized carbons (Fsp3) is 0.0588. The number of para-hydroxylation sites is 1. The van der Waals surface area contributed by atoms with Crippen LogP contribution < -0.4 is 14.2 Å². The van der Waals surface area contributed by atoms with Crippen LogP contribution >= 0.6 is 0 Å². The maximum atomic E-state index is 12.5. The third-order valence-electron chi connectivity index (χ3n) is 3.86. The molecule has 0 aliphatic rings. The Hall–Kier alpha value is -3.78. The molecule has 14 heteroatoms. The molecule has 0 aliphatic carbocycles. The van der Waals surface area contributed by atoms with Gasteiger partial charge in [0.1, 0.15) is 0 Å². The summed E-state index contributed by atoms with van der Waals surface area (Å²) in [7, 11) is -6.91. The number of hydrogen-bond acceptors (Lipinski definition) is 9. The number of anilines is 2. The van der Waals surface area contributed by atoms with Crippen LogP contribution in [-0.4, -0.2) is 39.1 Å². The van der Waals surface area contributed by atoms with Crippen molar-refractivity contribution in [2.24, 2.45) is 0 Å². The molecule has 2 N–H and O–H groups in total. The molecule has 0 bridgehead atoms. The average molecular weight is 465 g/mol. The van der Waals surface area contributed by atoms with Crippen molar-refractivity contribution in [2.75, 3.05) is 16.6 Å². The molecule has 31 heavy (non-hydrogen) atoms. The van der Waals surface area contributed by atoms with Gasteiger partial charge >= 0.3 is 0 Å². The normalized spacial score (nSPS) is 11.5. The van der Waals surface area contributed by atoms with Crippen LogP contribution in [-0.2, 0) is 20.0 Å². The first-order valence-corrected chi connectivity index (χ1v) is 11.4. The number of sulfonamides is 2. The third-order valence-corrected chi connectivity index (χ3v) is 6.66. The van der Waals surface area contributed by atoms with Crippen LogP contribution in [0.25, 0.3) is 0 Å². The van der Waals surface area contributed by atoms with E-state index in [1.165, 1.54) is 43.5 Å². The number of benzene rings is 2. The number of ether oxygens (including phenoxy) is 1. The molecule has 12 nitrogen and oxygen atoms in total. The molecule has 1 aromatic heterocycles. The minimum Gasteiger partial charge on any atom is -0.480 e. The van der Waals surface area contributed by atoms with E-state index >= 15 is 0 Å². The van der Waals surface area contributed by atoms with Gasteiger partial charge in [0.15, 0.2) is 10.7 Å². The number of nitrogens with zero attached hydrogens (tertiary/aromatic N) is 3. The van der Waals surface area contributed by atoms with E-state index in [4.69, 9.17) is 4.74 Å². The summed E-state index contributed by atoms with van der Waals surface area (Å²) in [4.78, 5) is 9.59. The Labute approximate surface area is 177 Å². The number of nitro groups is 1. The second-order valence-electron chi connectivity index (χ2n) is 5.92. The highest BCUT2D eigenvalue weighted by Gasteiger charge is 2.25. The third kappa shape index (κ3) is 5.04. The Balaban J connectivity index is 1.80. The van der Waals surface area contributed by atoms with E-state index in [-0.39, 0.29) is 22.3 Å². The van der Waals surface area contributed by atoms with Crippen LogP contribution in [0.1, 0.15) is 0 Å². The van der Waals surface area contributed by atoms with E-state index in [9.17, 15) is 26.9 Å². The second-order valence-corrected chi connectivity index (χ2v) is 9.25. The summed E-state index contributed by atoms with van der Waals surface area (Å²) >= 11 is 0. The van der Waals surface area contributed by atoms with Gasteiger partial charge in [-0.1, -0.05) is 12.1 Å². The fourth-order valence-electron chi connectivity index (χ4n) is 2.43. The first-order chi connectivity index (χ1) is 14.6. The van der Waals surface area contributed by atoms with Crippen LogP contribution in [0.3, 0.4) is 0 Å². The molecule has 0 aliphatic heterocycles. The van der Waals surface area contributed by atoms with Crippen LogP contribution in [0.2, 0.25) is 0 Å². The number of hydrogen-bond donors (Lipinski definition) is 2. The standard InChI is InChI=1S/C17H15N5O7S2/c1-29-17-11-10-16(18-19-17)21-30(25,26)13-8-6-12(7-9-13)20-31(27,28)15-5-3-2-4-14(15)22(23)24/h2-11,20H,1H3,(H,18,21). The first-order valence-electron chi connectivity index (χ1n) is 8.39. The predicted octanol–water partition coefficient (Wildman–Crippen LogP) is 1.99. The molecule has 0 fully saturated rings. The van der Waals surface area contributed by atoms with Crippen molar-refractivity contribution in [1.29, 1.82) is 0 Å². The van der Waals surface area contributed by atoms with E-state index in [2.05, 4.69) is 19.6 Å². The zero-order valence-corrected chi connectivity index (χ0v) is 17.4. The molecule has 3 aromatic rings. The molecular formula is C17H15N5O7S2. The van der Waals surface area contributed by atoms with E-state index in [0.29, 0.717) is 0 Å². The number of nitrogens with one attached hydrogen (secondary N) is 2. The van der Waals surface area contributed by atoms with Crippen LogP contribution in [0.4, 0.5) is 17.2 Å². The fourth-order valence-corrected chi connectivity index (χ4v) is 4.66. The van der Waals surface area contributed by atoms with Crippen LogP contribution in [0.15, 0.2) is 70.5 Å². The molecule has 0 saturated heterocycles. The molecule has 0 unspecified atom stereocenters. The first kappa shape index (κ1) is 21.9. The number of methoxy groups -OCH3 is 1.